The number of alkyl halides is 3. The molecule has 1 saturated carbocycles. The Morgan fingerprint density at radius 2 is 1.60 bits per heavy atom. The lowest BCUT2D eigenvalue weighted by Crippen LogP contribution is -2.24. The van der Waals surface area contributed by atoms with Crippen LogP contribution < -0.4 is 0 Å². The molecule has 8 nitrogen and oxygen atoms in total. The number of carbonyl (C=O) groups excluding carboxylic acids is 3. The zero-order valence-electron chi connectivity index (χ0n) is 27.8. The van der Waals surface area contributed by atoms with Crippen molar-refractivity contribution in [3.05, 3.63) is 70.8 Å². The van der Waals surface area contributed by atoms with Crippen LogP contribution in [0.25, 0.3) is 11.1 Å². The maximum Gasteiger partial charge on any atom is 0.426 e. The van der Waals surface area contributed by atoms with Gasteiger partial charge in [0.25, 0.3) is 0 Å². The van der Waals surface area contributed by atoms with Crippen LogP contribution in [0.1, 0.15) is 45.2 Å². The van der Waals surface area contributed by atoms with E-state index in [2.05, 4.69) is 0 Å². The Bertz CT molecular complexity index is 1480. The molecule has 1 aliphatic carbocycles. The van der Waals surface area contributed by atoms with E-state index in [0.29, 0.717) is 0 Å². The van der Waals surface area contributed by atoms with Crippen LogP contribution in [0.3, 0.4) is 0 Å². The second-order valence-electron chi connectivity index (χ2n) is 11.1. The molecule has 0 heterocycles. The van der Waals surface area contributed by atoms with E-state index in [4.69, 9.17) is 46.7 Å². The fourth-order valence-electron chi connectivity index (χ4n) is 4.79. The van der Waals surface area contributed by atoms with Crippen molar-refractivity contribution in [1.82, 2.24) is 0 Å². The predicted octanol–water partition coefficient (Wildman–Crippen LogP) is 8.78. The second-order valence-corrected chi connectivity index (χ2v) is 18.1. The van der Waals surface area contributed by atoms with E-state index in [1.165, 1.54) is 14.2 Å². The predicted molar refractivity (Wildman–Crippen MR) is 185 cm³/mol. The Balaban J connectivity index is 0.000000368. The lowest BCUT2D eigenvalue weighted by molar-refractivity contribution is -0.149. The van der Waals surface area contributed by atoms with Crippen molar-refractivity contribution in [2.75, 3.05) is 27.4 Å². The highest BCUT2D eigenvalue weighted by molar-refractivity contribution is 8.68. The zero-order chi connectivity index (χ0) is 36.3. The van der Waals surface area contributed by atoms with Gasteiger partial charge in [0, 0.05) is 14.2 Å². The SMILES string of the molecule is CCOC(=O)CC(SP(=S)(OC)OC)C(=O)OCC.Cc1c(COC(=O)C2C(/C=C(\Cl)C(F)(F)F)C2(C)C)cccc1-c1ccccc1. The summed E-state index contributed by atoms with van der Waals surface area (Å²) in [5.41, 5.74) is 0.696. The van der Waals surface area contributed by atoms with Crippen LogP contribution in [0.5, 0.6) is 0 Å². The second kappa shape index (κ2) is 18.5. The molecule has 0 aromatic heterocycles. The van der Waals surface area contributed by atoms with Crippen molar-refractivity contribution >= 4 is 58.4 Å². The molecule has 15 heteroatoms. The van der Waals surface area contributed by atoms with E-state index >= 15 is 0 Å². The molecule has 2 aromatic carbocycles. The third kappa shape index (κ3) is 11.9. The number of rotatable bonds is 14. The monoisotopic (exact) mass is 752 g/mol. The maximum atomic E-state index is 12.7. The van der Waals surface area contributed by atoms with Gasteiger partial charge in [-0.1, -0.05) is 91.4 Å². The third-order valence-corrected chi connectivity index (χ3v) is 13.8. The van der Waals surface area contributed by atoms with Gasteiger partial charge in [-0.05, 0) is 66.2 Å². The summed E-state index contributed by atoms with van der Waals surface area (Å²) in [5, 5.41) is -1.98. The van der Waals surface area contributed by atoms with E-state index < -0.39 is 57.3 Å². The average Bonchev–Trinajstić information content (AvgIpc) is 3.59. The summed E-state index contributed by atoms with van der Waals surface area (Å²) in [6, 6.07) is 15.6. The molecule has 3 unspecified atom stereocenters. The largest absolute Gasteiger partial charge is 0.466 e. The number of hydrogen-bond donors (Lipinski definition) is 0. The first-order chi connectivity index (χ1) is 22.4. The molecule has 266 valence electrons. The molecular formula is C33H41ClF3O8PS2. The van der Waals surface area contributed by atoms with Gasteiger partial charge < -0.3 is 23.3 Å². The summed E-state index contributed by atoms with van der Waals surface area (Å²) in [6.45, 7) is 9.36. The highest BCUT2D eigenvalue weighted by Gasteiger charge is 2.62. The van der Waals surface area contributed by atoms with Crippen molar-refractivity contribution in [1.29, 1.82) is 0 Å². The quantitative estimate of drug-likeness (QED) is 0.106. The Morgan fingerprint density at radius 3 is 2.15 bits per heavy atom. The van der Waals surface area contributed by atoms with Crippen LogP contribution >= 0.6 is 28.7 Å². The number of ether oxygens (including phenoxy) is 3. The van der Waals surface area contributed by atoms with Gasteiger partial charge in [-0.15, -0.1) is 0 Å². The number of esters is 3. The van der Waals surface area contributed by atoms with Crippen molar-refractivity contribution in [3.63, 3.8) is 0 Å². The molecule has 0 radical (unpaired) electrons. The summed E-state index contributed by atoms with van der Waals surface area (Å²) < 4.78 is 63.5. The molecule has 1 fully saturated rings. The Labute approximate surface area is 293 Å². The number of halogens is 4. The molecule has 3 rings (SSSR count). The zero-order valence-corrected chi connectivity index (χ0v) is 31.1. The first-order valence-electron chi connectivity index (χ1n) is 14.9. The summed E-state index contributed by atoms with van der Waals surface area (Å²) in [7, 11) is 2.81. The van der Waals surface area contributed by atoms with Crippen LogP contribution in [0.4, 0.5) is 13.2 Å². The summed E-state index contributed by atoms with van der Waals surface area (Å²) in [4.78, 5) is 35.8. The van der Waals surface area contributed by atoms with Gasteiger partial charge in [-0.3, -0.25) is 14.4 Å². The molecule has 0 N–H and O–H groups in total. The molecule has 0 bridgehead atoms. The number of carbonyl (C=O) groups is 3. The van der Waals surface area contributed by atoms with Gasteiger partial charge in [0.15, 0.2) is 0 Å². The van der Waals surface area contributed by atoms with Crippen LogP contribution in [0.15, 0.2) is 59.6 Å². The van der Waals surface area contributed by atoms with Gasteiger partial charge >= 0.3 is 24.1 Å². The number of hydrogen-bond acceptors (Lipinski definition) is 10. The minimum atomic E-state index is -4.61. The molecular weight excluding hydrogens is 712 g/mol. The highest BCUT2D eigenvalue weighted by Crippen LogP contribution is 2.62. The fraction of sp³-hybridized carbons (Fsp3) is 0.485. The van der Waals surface area contributed by atoms with E-state index in [1.54, 1.807) is 27.7 Å². The summed E-state index contributed by atoms with van der Waals surface area (Å²) in [6.07, 6.45) is -3.80. The van der Waals surface area contributed by atoms with Gasteiger partial charge in [0.05, 0.1) is 25.6 Å². The molecule has 3 atom stereocenters. The summed E-state index contributed by atoms with van der Waals surface area (Å²) >= 11 is 11.5. The van der Waals surface area contributed by atoms with E-state index in [0.717, 1.165) is 39.7 Å². The lowest BCUT2D eigenvalue weighted by atomic mass is 9.97. The molecule has 2 aromatic rings. The topological polar surface area (TPSA) is 97.4 Å². The highest BCUT2D eigenvalue weighted by atomic mass is 35.5. The Morgan fingerprint density at radius 1 is 1.00 bits per heavy atom. The van der Waals surface area contributed by atoms with Gasteiger partial charge in [0.2, 0.25) is 5.69 Å². The summed E-state index contributed by atoms with van der Waals surface area (Å²) in [5.74, 6) is -2.75. The van der Waals surface area contributed by atoms with Crippen LogP contribution in [-0.4, -0.2) is 56.8 Å². The fourth-order valence-corrected chi connectivity index (χ4v) is 8.79. The smallest absolute Gasteiger partial charge is 0.426 e. The van der Waals surface area contributed by atoms with Gasteiger partial charge in [0.1, 0.15) is 16.9 Å². The van der Waals surface area contributed by atoms with Crippen molar-refractivity contribution in [2.24, 2.45) is 17.3 Å². The molecule has 0 saturated heterocycles. The lowest BCUT2D eigenvalue weighted by Gasteiger charge is -2.21. The molecule has 0 spiro atoms. The van der Waals surface area contributed by atoms with Crippen molar-refractivity contribution in [3.8, 4) is 11.1 Å². The first kappa shape index (κ1) is 41.8. The minimum absolute atomic E-state index is 0.0708. The van der Waals surface area contributed by atoms with Gasteiger partial charge in [-0.25, -0.2) is 0 Å². The minimum Gasteiger partial charge on any atom is -0.466 e. The van der Waals surface area contributed by atoms with Gasteiger partial charge in [-0.2, -0.15) is 13.2 Å². The Hall–Kier alpha value is -2.41. The van der Waals surface area contributed by atoms with Crippen molar-refractivity contribution in [2.45, 2.75) is 59.1 Å². The van der Waals surface area contributed by atoms with E-state index in [-0.39, 0.29) is 26.2 Å². The molecule has 0 aliphatic heterocycles. The first-order valence-corrected chi connectivity index (χ1v) is 19.4. The van der Waals surface area contributed by atoms with E-state index in [9.17, 15) is 27.6 Å². The number of allylic oxidation sites excluding steroid dienone is 2. The van der Waals surface area contributed by atoms with E-state index in [1.807, 2.05) is 55.5 Å². The molecule has 48 heavy (non-hydrogen) atoms. The third-order valence-electron chi connectivity index (χ3n) is 7.57. The normalized spacial score (nSPS) is 17.8. The average molecular weight is 753 g/mol. The van der Waals surface area contributed by atoms with Crippen molar-refractivity contribution < 1.29 is 50.8 Å². The van der Waals surface area contributed by atoms with Crippen LogP contribution in [0.2, 0.25) is 0 Å². The maximum absolute atomic E-state index is 12.7. The van der Waals surface area contributed by atoms with Crippen LogP contribution in [-0.2, 0) is 56.1 Å². The Kier molecular flexibility index (Phi) is 16.1. The molecule has 0 amide bonds. The van der Waals surface area contributed by atoms with Crippen LogP contribution in [0, 0.1) is 24.2 Å². The standard InChI is InChI=1S/C23H22ClF3O2.C10H19O6PS2/c1-14-16(10-7-11-17(14)15-8-5-4-6-9-15)13-29-21(28)20-18(22(20,2)3)12-19(24)23(25,26)27;1-5-15-9(11)7-8(10(12)16-6-2)19-17(18,13-3)14-4/h4-12,18,20H,13H2,1-3H3;8H,5-7H2,1-4H3/b19-12-;. The number of benzene rings is 2. The molecule has 1 aliphatic rings.